The molecule has 0 heterocycles. The van der Waals surface area contributed by atoms with Crippen LogP contribution in [0.15, 0.2) is 72.8 Å². The standard InChI is InChI=1S/C24H16Cl2INO7/c25-15-5-1-13(2-6-15)23(32)34-19(21(29)28-18-11-9-17(27)10-12-18)20(22(30)31)35-24(33)14-3-7-16(26)8-4-14/h1-12,19-20H,(H,28,29)(H,30,31)/t19-,20-/m0/s1. The minimum Gasteiger partial charge on any atom is -0.478 e. The van der Waals surface area contributed by atoms with Crippen LogP contribution >= 0.6 is 45.8 Å². The van der Waals surface area contributed by atoms with Crippen molar-refractivity contribution in [3.8, 4) is 0 Å². The van der Waals surface area contributed by atoms with Gasteiger partial charge in [-0.3, -0.25) is 4.79 Å². The number of aliphatic carboxylic acids is 1. The Morgan fingerprint density at radius 2 is 1.14 bits per heavy atom. The van der Waals surface area contributed by atoms with E-state index in [1.165, 1.54) is 48.5 Å². The highest BCUT2D eigenvalue weighted by Crippen LogP contribution is 2.18. The second kappa shape index (κ2) is 12.0. The number of halogens is 3. The first kappa shape index (κ1) is 26.5. The van der Waals surface area contributed by atoms with Crippen molar-refractivity contribution in [2.24, 2.45) is 0 Å². The van der Waals surface area contributed by atoms with Crippen molar-refractivity contribution in [2.75, 3.05) is 5.32 Å². The van der Waals surface area contributed by atoms with Crippen LogP contribution in [-0.4, -0.2) is 41.1 Å². The smallest absolute Gasteiger partial charge is 0.349 e. The Bertz CT molecular complexity index is 1230. The van der Waals surface area contributed by atoms with E-state index < -0.39 is 36.0 Å². The molecule has 0 spiro atoms. The monoisotopic (exact) mass is 627 g/mol. The molecule has 35 heavy (non-hydrogen) atoms. The third kappa shape index (κ3) is 7.41. The Balaban J connectivity index is 1.90. The quantitative estimate of drug-likeness (QED) is 0.264. The molecule has 1 amide bonds. The summed E-state index contributed by atoms with van der Waals surface area (Å²) in [6.45, 7) is 0. The molecular weight excluding hydrogens is 612 g/mol. The molecule has 2 N–H and O–H groups in total. The molecule has 0 saturated carbocycles. The first-order valence-electron chi connectivity index (χ1n) is 9.86. The van der Waals surface area contributed by atoms with Crippen molar-refractivity contribution in [1.82, 2.24) is 0 Å². The lowest BCUT2D eigenvalue weighted by molar-refractivity contribution is -0.157. The van der Waals surface area contributed by atoms with Crippen molar-refractivity contribution < 1.29 is 33.8 Å². The zero-order valence-electron chi connectivity index (χ0n) is 17.6. The van der Waals surface area contributed by atoms with Crippen molar-refractivity contribution >= 4 is 75.3 Å². The van der Waals surface area contributed by atoms with Gasteiger partial charge in [0.15, 0.2) is 0 Å². The molecule has 3 aromatic rings. The molecule has 0 fully saturated rings. The number of benzene rings is 3. The second-order valence-electron chi connectivity index (χ2n) is 7.00. The highest BCUT2D eigenvalue weighted by Gasteiger charge is 2.41. The number of carbonyl (C=O) groups excluding carboxylic acids is 3. The maximum absolute atomic E-state index is 13.0. The first-order chi connectivity index (χ1) is 16.6. The molecule has 3 rings (SSSR count). The lowest BCUT2D eigenvalue weighted by atomic mass is 10.1. The lowest BCUT2D eigenvalue weighted by Gasteiger charge is -2.23. The van der Waals surface area contributed by atoms with Crippen LogP contribution in [0.25, 0.3) is 0 Å². The number of ether oxygens (including phenoxy) is 2. The van der Waals surface area contributed by atoms with Gasteiger partial charge in [-0.25, -0.2) is 14.4 Å². The van der Waals surface area contributed by atoms with Crippen LogP contribution in [0.2, 0.25) is 10.0 Å². The van der Waals surface area contributed by atoms with E-state index in [1.807, 2.05) is 0 Å². The Morgan fingerprint density at radius 1 is 0.714 bits per heavy atom. The fraction of sp³-hybridized carbons (Fsp3) is 0.0833. The van der Waals surface area contributed by atoms with E-state index in [0.29, 0.717) is 15.7 Å². The summed E-state index contributed by atoms with van der Waals surface area (Å²) in [5.74, 6) is -4.77. The third-order valence-corrected chi connectivity index (χ3v) is 5.74. The van der Waals surface area contributed by atoms with E-state index >= 15 is 0 Å². The summed E-state index contributed by atoms with van der Waals surface area (Å²) < 4.78 is 11.2. The molecule has 0 aliphatic carbocycles. The van der Waals surface area contributed by atoms with Gasteiger partial charge in [-0.1, -0.05) is 23.2 Å². The maximum Gasteiger partial charge on any atom is 0.349 e. The van der Waals surface area contributed by atoms with Crippen LogP contribution in [0.5, 0.6) is 0 Å². The average molecular weight is 628 g/mol. The Labute approximate surface area is 223 Å². The molecule has 0 unspecified atom stereocenters. The highest BCUT2D eigenvalue weighted by atomic mass is 127. The topological polar surface area (TPSA) is 119 Å². The van der Waals surface area contributed by atoms with Crippen LogP contribution in [-0.2, 0) is 19.1 Å². The van der Waals surface area contributed by atoms with E-state index in [9.17, 15) is 24.3 Å². The number of hydrogen-bond donors (Lipinski definition) is 2. The minimum absolute atomic E-state index is 0.00892. The molecule has 2 atom stereocenters. The molecule has 0 bridgehead atoms. The van der Waals surface area contributed by atoms with E-state index in [-0.39, 0.29) is 11.1 Å². The van der Waals surface area contributed by atoms with Gasteiger partial charge in [0.05, 0.1) is 11.1 Å². The number of esters is 2. The number of nitrogens with one attached hydrogen (secondary N) is 1. The molecule has 180 valence electrons. The highest BCUT2D eigenvalue weighted by molar-refractivity contribution is 14.1. The summed E-state index contributed by atoms with van der Waals surface area (Å²) >= 11 is 13.7. The zero-order chi connectivity index (χ0) is 25.5. The normalized spacial score (nSPS) is 12.2. The number of rotatable bonds is 8. The third-order valence-electron chi connectivity index (χ3n) is 4.52. The van der Waals surface area contributed by atoms with Crippen LogP contribution in [0.1, 0.15) is 20.7 Å². The Hall–Kier alpha value is -3.15. The number of anilines is 1. The lowest BCUT2D eigenvalue weighted by Crippen LogP contribution is -2.48. The van der Waals surface area contributed by atoms with Crippen LogP contribution in [0.4, 0.5) is 5.69 Å². The van der Waals surface area contributed by atoms with Gasteiger partial charge in [-0.15, -0.1) is 0 Å². The maximum atomic E-state index is 13.0. The number of carboxylic acids is 1. The predicted octanol–water partition coefficient (Wildman–Crippen LogP) is 5.07. The van der Waals surface area contributed by atoms with Gasteiger partial charge in [0.1, 0.15) is 0 Å². The van der Waals surface area contributed by atoms with E-state index in [1.54, 1.807) is 24.3 Å². The average Bonchev–Trinajstić information content (AvgIpc) is 2.83. The summed E-state index contributed by atoms with van der Waals surface area (Å²) in [5.41, 5.74) is 0.312. The SMILES string of the molecule is O=C(O[C@H](C(=O)O)[C@H](OC(=O)c1ccc(Cl)cc1)C(=O)Nc1ccc(I)cc1)c1ccc(Cl)cc1. The number of hydrogen-bond acceptors (Lipinski definition) is 6. The zero-order valence-corrected chi connectivity index (χ0v) is 21.3. The molecule has 8 nitrogen and oxygen atoms in total. The van der Waals surface area contributed by atoms with Crippen molar-refractivity contribution in [3.05, 3.63) is 97.5 Å². The number of carboxylic acid groups (broad SMARTS) is 1. The van der Waals surface area contributed by atoms with Gasteiger partial charge in [-0.2, -0.15) is 0 Å². The van der Waals surface area contributed by atoms with Crippen molar-refractivity contribution in [2.45, 2.75) is 12.2 Å². The van der Waals surface area contributed by atoms with E-state index in [0.717, 1.165) is 3.57 Å². The van der Waals surface area contributed by atoms with Gasteiger partial charge in [-0.05, 0) is 95.4 Å². The van der Waals surface area contributed by atoms with Gasteiger partial charge in [0.2, 0.25) is 12.2 Å². The van der Waals surface area contributed by atoms with Crippen molar-refractivity contribution in [1.29, 1.82) is 0 Å². The number of amides is 1. The number of carbonyl (C=O) groups is 4. The summed E-state index contributed by atoms with van der Waals surface area (Å²) in [6.07, 6.45) is -4.18. The molecule has 0 saturated heterocycles. The summed E-state index contributed by atoms with van der Waals surface area (Å²) in [4.78, 5) is 50.3. The van der Waals surface area contributed by atoms with Crippen LogP contribution in [0.3, 0.4) is 0 Å². The largest absolute Gasteiger partial charge is 0.478 e. The molecular formula is C24H16Cl2INO7. The van der Waals surface area contributed by atoms with Crippen LogP contribution in [0, 0.1) is 3.57 Å². The molecule has 0 aliphatic heterocycles. The van der Waals surface area contributed by atoms with Crippen LogP contribution < -0.4 is 5.32 Å². The molecule has 0 radical (unpaired) electrons. The fourth-order valence-corrected chi connectivity index (χ4v) is 3.39. The first-order valence-corrected chi connectivity index (χ1v) is 11.7. The molecule has 0 aliphatic rings. The van der Waals surface area contributed by atoms with Gasteiger partial charge < -0.3 is 19.9 Å². The van der Waals surface area contributed by atoms with Gasteiger partial charge in [0, 0.05) is 19.3 Å². The minimum atomic E-state index is -2.15. The fourth-order valence-electron chi connectivity index (χ4n) is 2.78. The summed E-state index contributed by atoms with van der Waals surface area (Å²) in [5, 5.41) is 13.0. The van der Waals surface area contributed by atoms with Gasteiger partial charge >= 0.3 is 17.9 Å². The molecule has 3 aromatic carbocycles. The Kier molecular flexibility index (Phi) is 9.07. The molecule has 11 heteroatoms. The summed E-state index contributed by atoms with van der Waals surface area (Å²) in [6, 6.07) is 17.6. The van der Waals surface area contributed by atoms with E-state index in [2.05, 4.69) is 27.9 Å². The Morgan fingerprint density at radius 3 is 1.57 bits per heavy atom. The predicted molar refractivity (Wildman–Crippen MR) is 137 cm³/mol. The van der Waals surface area contributed by atoms with E-state index in [4.69, 9.17) is 32.7 Å². The van der Waals surface area contributed by atoms with Crippen molar-refractivity contribution in [3.63, 3.8) is 0 Å². The summed E-state index contributed by atoms with van der Waals surface area (Å²) in [7, 11) is 0. The molecule has 0 aromatic heterocycles. The van der Waals surface area contributed by atoms with Gasteiger partial charge in [0.25, 0.3) is 5.91 Å². The second-order valence-corrected chi connectivity index (χ2v) is 9.12.